The summed E-state index contributed by atoms with van der Waals surface area (Å²) >= 11 is 6.23. The van der Waals surface area contributed by atoms with Gasteiger partial charge in [-0.1, -0.05) is 31.5 Å². The highest BCUT2D eigenvalue weighted by Gasteiger charge is 2.14. The molecule has 2 aromatic rings. The van der Waals surface area contributed by atoms with E-state index in [9.17, 15) is 4.79 Å². The zero-order valence-corrected chi connectivity index (χ0v) is 17.9. The smallest absolute Gasteiger partial charge is 0.224 e. The van der Waals surface area contributed by atoms with E-state index in [-0.39, 0.29) is 12.0 Å². The molecule has 0 spiro atoms. The summed E-state index contributed by atoms with van der Waals surface area (Å²) in [5, 5.41) is 6.88. The molecule has 0 radical (unpaired) electrons. The molecule has 6 heteroatoms. The Hall–Kier alpha value is -2.40. The van der Waals surface area contributed by atoms with Gasteiger partial charge < -0.3 is 20.1 Å². The molecule has 0 unspecified atom stereocenters. The highest BCUT2D eigenvalue weighted by Crippen LogP contribution is 2.36. The van der Waals surface area contributed by atoms with Crippen LogP contribution in [0.15, 0.2) is 36.4 Å². The maximum atomic E-state index is 12.0. The van der Waals surface area contributed by atoms with Crippen molar-refractivity contribution in [2.24, 2.45) is 5.92 Å². The van der Waals surface area contributed by atoms with Crippen molar-refractivity contribution in [3.05, 3.63) is 47.0 Å². The monoisotopic (exact) mass is 404 g/mol. The number of amides is 1. The van der Waals surface area contributed by atoms with Gasteiger partial charge in [0.2, 0.25) is 5.91 Å². The first-order valence-electron chi connectivity index (χ1n) is 9.45. The lowest BCUT2D eigenvalue weighted by Crippen LogP contribution is -2.14. The van der Waals surface area contributed by atoms with Gasteiger partial charge in [0.15, 0.2) is 11.5 Å². The zero-order chi connectivity index (χ0) is 20.7. The number of rotatable bonds is 9. The van der Waals surface area contributed by atoms with Gasteiger partial charge in [0.25, 0.3) is 0 Å². The number of methoxy groups -OCH3 is 1. The second-order valence-corrected chi connectivity index (χ2v) is 7.78. The van der Waals surface area contributed by atoms with E-state index in [1.54, 1.807) is 13.2 Å². The third-order valence-corrected chi connectivity index (χ3v) is 4.11. The Balaban J connectivity index is 2.14. The molecule has 0 bridgehead atoms. The van der Waals surface area contributed by atoms with Gasteiger partial charge in [-0.25, -0.2) is 0 Å². The molecule has 28 heavy (non-hydrogen) atoms. The van der Waals surface area contributed by atoms with E-state index < -0.39 is 0 Å². The number of carbonyl (C=O) groups is 1. The van der Waals surface area contributed by atoms with Crippen LogP contribution >= 0.6 is 11.6 Å². The maximum Gasteiger partial charge on any atom is 0.224 e. The number of anilines is 2. The number of benzene rings is 2. The van der Waals surface area contributed by atoms with Crippen LogP contribution in [0.4, 0.5) is 11.4 Å². The number of nitrogens with one attached hydrogen (secondary N) is 2. The minimum atomic E-state index is 0.00771. The van der Waals surface area contributed by atoms with Gasteiger partial charge in [-0.15, -0.1) is 0 Å². The third-order valence-electron chi connectivity index (χ3n) is 3.89. The molecule has 0 aliphatic rings. The van der Waals surface area contributed by atoms with Crippen molar-refractivity contribution in [1.29, 1.82) is 0 Å². The summed E-state index contributed by atoms with van der Waals surface area (Å²) in [7, 11) is 1.60. The highest BCUT2D eigenvalue weighted by atomic mass is 35.5. The number of halogens is 1. The summed E-state index contributed by atoms with van der Waals surface area (Å²) < 4.78 is 11.4. The summed E-state index contributed by atoms with van der Waals surface area (Å²) in [6.45, 7) is 8.48. The van der Waals surface area contributed by atoms with Crippen LogP contribution in [-0.2, 0) is 11.3 Å². The molecule has 0 saturated heterocycles. The molecular weight excluding hydrogens is 376 g/mol. The fourth-order valence-corrected chi connectivity index (χ4v) is 2.99. The van der Waals surface area contributed by atoms with Gasteiger partial charge in [-0.05, 0) is 44.0 Å². The molecule has 0 atom stereocenters. The summed E-state index contributed by atoms with van der Waals surface area (Å²) in [5.74, 6) is 1.61. The van der Waals surface area contributed by atoms with Crippen molar-refractivity contribution in [1.82, 2.24) is 0 Å². The molecule has 152 valence electrons. The third kappa shape index (κ3) is 6.64. The predicted octanol–water partition coefficient (Wildman–Crippen LogP) is 5.73. The Morgan fingerprint density at radius 2 is 1.82 bits per heavy atom. The van der Waals surface area contributed by atoms with E-state index in [4.69, 9.17) is 21.1 Å². The first kappa shape index (κ1) is 21.9. The van der Waals surface area contributed by atoms with E-state index >= 15 is 0 Å². The Morgan fingerprint density at radius 3 is 2.46 bits per heavy atom. The molecule has 1 amide bonds. The van der Waals surface area contributed by atoms with Gasteiger partial charge >= 0.3 is 0 Å². The van der Waals surface area contributed by atoms with E-state index in [1.807, 2.05) is 58.0 Å². The van der Waals surface area contributed by atoms with Crippen molar-refractivity contribution >= 4 is 28.9 Å². The summed E-state index contributed by atoms with van der Waals surface area (Å²) in [4.78, 5) is 12.0. The molecule has 2 rings (SSSR count). The topological polar surface area (TPSA) is 59.6 Å². The quantitative estimate of drug-likeness (QED) is 0.560. The van der Waals surface area contributed by atoms with Crippen LogP contribution in [0, 0.1) is 5.92 Å². The number of carbonyl (C=O) groups excluding carboxylic acids is 1. The van der Waals surface area contributed by atoms with E-state index in [0.29, 0.717) is 35.4 Å². The van der Waals surface area contributed by atoms with Gasteiger partial charge in [-0.2, -0.15) is 0 Å². The fraction of sp³-hybridized carbons (Fsp3) is 0.409. The second-order valence-electron chi connectivity index (χ2n) is 7.34. The molecule has 0 aliphatic carbocycles. The molecule has 5 nitrogen and oxygen atoms in total. The Labute approximate surface area is 172 Å². The summed E-state index contributed by atoms with van der Waals surface area (Å²) in [6.07, 6.45) is 0.504. The van der Waals surface area contributed by atoms with Gasteiger partial charge in [0.05, 0.1) is 13.2 Å². The normalized spacial score (nSPS) is 10.9. The Bertz CT molecular complexity index is 806. The van der Waals surface area contributed by atoms with Crippen molar-refractivity contribution in [2.75, 3.05) is 17.7 Å². The SMILES string of the molecule is COc1cc(Cl)cc(CNc2cccc(NC(=O)CC(C)C)c2)c1OC(C)C. The summed E-state index contributed by atoms with van der Waals surface area (Å²) in [6, 6.07) is 11.2. The summed E-state index contributed by atoms with van der Waals surface area (Å²) in [5.41, 5.74) is 2.54. The highest BCUT2D eigenvalue weighted by molar-refractivity contribution is 6.30. The molecule has 2 aromatic carbocycles. The lowest BCUT2D eigenvalue weighted by molar-refractivity contribution is -0.116. The van der Waals surface area contributed by atoms with Crippen molar-refractivity contribution in [3.63, 3.8) is 0 Å². The van der Waals surface area contributed by atoms with Gasteiger partial charge in [-0.3, -0.25) is 4.79 Å². The fourth-order valence-electron chi connectivity index (χ4n) is 2.76. The van der Waals surface area contributed by atoms with Gasteiger partial charge in [0.1, 0.15) is 0 Å². The standard InChI is InChI=1S/C22H29ClN2O3/c1-14(2)9-21(26)25-19-8-6-7-18(12-19)24-13-16-10-17(23)11-20(27-5)22(16)28-15(3)4/h6-8,10-12,14-15,24H,9,13H2,1-5H3,(H,25,26). The lowest BCUT2D eigenvalue weighted by atomic mass is 10.1. The average molecular weight is 405 g/mol. The molecule has 0 aromatic heterocycles. The van der Waals surface area contributed by atoms with Crippen LogP contribution in [0.2, 0.25) is 5.02 Å². The molecule has 0 fully saturated rings. The van der Waals surface area contributed by atoms with E-state index in [2.05, 4.69) is 10.6 Å². The first-order valence-corrected chi connectivity index (χ1v) is 9.83. The van der Waals surface area contributed by atoms with Crippen LogP contribution in [0.5, 0.6) is 11.5 Å². The van der Waals surface area contributed by atoms with Crippen molar-refractivity contribution in [3.8, 4) is 11.5 Å². The molecule has 0 aliphatic heterocycles. The van der Waals surface area contributed by atoms with Crippen molar-refractivity contribution < 1.29 is 14.3 Å². The first-order chi connectivity index (χ1) is 13.3. The van der Waals surface area contributed by atoms with Crippen molar-refractivity contribution in [2.45, 2.75) is 46.8 Å². The molecule has 0 heterocycles. The molecule has 0 saturated carbocycles. The second kappa shape index (κ2) is 10.2. The van der Waals surface area contributed by atoms with Crippen LogP contribution in [0.1, 0.15) is 39.7 Å². The molecular formula is C22H29ClN2O3. The lowest BCUT2D eigenvalue weighted by Gasteiger charge is -2.19. The minimum Gasteiger partial charge on any atom is -0.493 e. The number of ether oxygens (including phenoxy) is 2. The maximum absolute atomic E-state index is 12.0. The Morgan fingerprint density at radius 1 is 1.11 bits per heavy atom. The van der Waals surface area contributed by atoms with Crippen LogP contribution in [0.25, 0.3) is 0 Å². The predicted molar refractivity (Wildman–Crippen MR) is 116 cm³/mol. The number of hydrogen-bond donors (Lipinski definition) is 2. The Kier molecular flexibility index (Phi) is 8.00. The number of hydrogen-bond acceptors (Lipinski definition) is 4. The van der Waals surface area contributed by atoms with E-state index in [0.717, 1.165) is 16.9 Å². The van der Waals surface area contributed by atoms with Crippen LogP contribution in [-0.4, -0.2) is 19.1 Å². The minimum absolute atomic E-state index is 0.00771. The largest absolute Gasteiger partial charge is 0.493 e. The van der Waals surface area contributed by atoms with E-state index in [1.165, 1.54) is 0 Å². The zero-order valence-electron chi connectivity index (χ0n) is 17.1. The molecule has 2 N–H and O–H groups in total. The average Bonchev–Trinajstić information content (AvgIpc) is 2.60. The van der Waals surface area contributed by atoms with Gasteiger partial charge in [0, 0.05) is 41.0 Å². The van der Waals surface area contributed by atoms with Crippen LogP contribution < -0.4 is 20.1 Å². The van der Waals surface area contributed by atoms with Crippen LogP contribution in [0.3, 0.4) is 0 Å².